The molecule has 0 atom stereocenters. The molecule has 0 radical (unpaired) electrons. The Kier molecular flexibility index (Phi) is 4.19. The zero-order valence-electron chi connectivity index (χ0n) is 13.3. The molecule has 0 bridgehead atoms. The van der Waals surface area contributed by atoms with E-state index >= 15 is 0 Å². The number of benzene rings is 1. The molecule has 1 aromatic rings. The summed E-state index contributed by atoms with van der Waals surface area (Å²) in [4.78, 5) is 26.7. The van der Waals surface area contributed by atoms with Crippen LogP contribution in [0.3, 0.4) is 0 Å². The van der Waals surface area contributed by atoms with Gasteiger partial charge in [-0.3, -0.25) is 9.59 Å². The standard InChI is InChI=1S/C18H23NO3/c1-12(2)19-11-22-16-10-14(8-9-15(16)18(19)21)17(20)13-6-4-3-5-7-13/h8-10,12-13H,3-7,11H2,1-2H3. The lowest BCUT2D eigenvalue weighted by atomic mass is 9.83. The molecule has 1 fully saturated rings. The van der Waals surface area contributed by atoms with E-state index in [1.807, 2.05) is 13.8 Å². The quantitative estimate of drug-likeness (QED) is 0.801. The van der Waals surface area contributed by atoms with Crippen LogP contribution < -0.4 is 4.74 Å². The molecular weight excluding hydrogens is 278 g/mol. The van der Waals surface area contributed by atoms with Gasteiger partial charge in [0.2, 0.25) is 0 Å². The number of ketones is 1. The third-order valence-corrected chi connectivity index (χ3v) is 4.72. The second kappa shape index (κ2) is 6.11. The maximum absolute atomic E-state index is 12.6. The van der Waals surface area contributed by atoms with E-state index < -0.39 is 0 Å². The molecule has 1 amide bonds. The van der Waals surface area contributed by atoms with Gasteiger partial charge in [0.05, 0.1) is 5.56 Å². The van der Waals surface area contributed by atoms with E-state index in [2.05, 4.69) is 0 Å². The van der Waals surface area contributed by atoms with E-state index in [0.29, 0.717) is 16.9 Å². The predicted octanol–water partition coefficient (Wildman–Crippen LogP) is 3.65. The molecule has 4 heteroatoms. The van der Waals surface area contributed by atoms with E-state index in [-0.39, 0.29) is 30.4 Å². The summed E-state index contributed by atoms with van der Waals surface area (Å²) >= 11 is 0. The molecule has 0 saturated heterocycles. The summed E-state index contributed by atoms with van der Waals surface area (Å²) in [7, 11) is 0. The maximum Gasteiger partial charge on any atom is 0.260 e. The first-order valence-corrected chi connectivity index (χ1v) is 8.20. The summed E-state index contributed by atoms with van der Waals surface area (Å²) in [6.45, 7) is 4.19. The van der Waals surface area contributed by atoms with Crippen LogP contribution >= 0.6 is 0 Å². The highest BCUT2D eigenvalue weighted by Crippen LogP contribution is 2.31. The summed E-state index contributed by atoms with van der Waals surface area (Å²) < 4.78 is 5.70. The molecule has 118 valence electrons. The Morgan fingerprint density at radius 2 is 1.95 bits per heavy atom. The Morgan fingerprint density at radius 3 is 2.64 bits per heavy atom. The van der Waals surface area contributed by atoms with Gasteiger partial charge in [0, 0.05) is 17.5 Å². The van der Waals surface area contributed by atoms with Crippen LogP contribution in [0.25, 0.3) is 0 Å². The van der Waals surface area contributed by atoms with Gasteiger partial charge in [-0.25, -0.2) is 0 Å². The number of amides is 1. The van der Waals surface area contributed by atoms with Crippen molar-refractivity contribution >= 4 is 11.7 Å². The molecule has 0 aromatic heterocycles. The van der Waals surface area contributed by atoms with Gasteiger partial charge in [0.1, 0.15) is 5.75 Å². The summed E-state index contributed by atoms with van der Waals surface area (Å²) in [6.07, 6.45) is 5.48. The molecule has 2 aliphatic rings. The lowest BCUT2D eigenvalue weighted by Gasteiger charge is -2.32. The Hall–Kier alpha value is -1.84. The Bertz CT molecular complexity index is 588. The summed E-state index contributed by atoms with van der Waals surface area (Å²) in [6, 6.07) is 5.37. The SMILES string of the molecule is CC(C)N1COc2cc(C(=O)C3CCCCC3)ccc2C1=O. The van der Waals surface area contributed by atoms with Crippen LogP contribution in [0, 0.1) is 5.92 Å². The molecule has 0 spiro atoms. The van der Waals surface area contributed by atoms with Crippen molar-refractivity contribution in [3.8, 4) is 5.75 Å². The van der Waals surface area contributed by atoms with Gasteiger partial charge in [-0.15, -0.1) is 0 Å². The van der Waals surface area contributed by atoms with Crippen molar-refractivity contribution < 1.29 is 14.3 Å². The van der Waals surface area contributed by atoms with E-state index in [9.17, 15) is 9.59 Å². The predicted molar refractivity (Wildman–Crippen MR) is 84.1 cm³/mol. The molecule has 1 heterocycles. The van der Waals surface area contributed by atoms with Gasteiger partial charge in [-0.2, -0.15) is 0 Å². The number of fused-ring (bicyclic) bond motifs is 1. The molecule has 22 heavy (non-hydrogen) atoms. The highest BCUT2D eigenvalue weighted by Gasteiger charge is 2.29. The molecular formula is C18H23NO3. The fourth-order valence-electron chi connectivity index (χ4n) is 3.31. The number of Topliss-reactive ketones (excluding diaryl/α,β-unsaturated/α-hetero) is 1. The molecule has 1 aliphatic carbocycles. The van der Waals surface area contributed by atoms with E-state index in [1.54, 1.807) is 23.1 Å². The fraction of sp³-hybridized carbons (Fsp3) is 0.556. The van der Waals surface area contributed by atoms with Crippen molar-refractivity contribution in [3.63, 3.8) is 0 Å². The van der Waals surface area contributed by atoms with Gasteiger partial charge < -0.3 is 9.64 Å². The number of rotatable bonds is 3. The van der Waals surface area contributed by atoms with Crippen LogP contribution in [0.4, 0.5) is 0 Å². The normalized spacial score (nSPS) is 19.0. The minimum Gasteiger partial charge on any atom is -0.472 e. The van der Waals surface area contributed by atoms with Crippen LogP contribution in [0.2, 0.25) is 0 Å². The lowest BCUT2D eigenvalue weighted by molar-refractivity contribution is 0.0431. The first-order valence-electron chi connectivity index (χ1n) is 8.20. The third-order valence-electron chi connectivity index (χ3n) is 4.72. The van der Waals surface area contributed by atoms with Crippen molar-refractivity contribution in [2.45, 2.75) is 52.0 Å². The van der Waals surface area contributed by atoms with Crippen LogP contribution in [-0.2, 0) is 0 Å². The minimum atomic E-state index is -0.0204. The second-order valence-electron chi connectivity index (χ2n) is 6.55. The third kappa shape index (κ3) is 2.74. The van der Waals surface area contributed by atoms with Crippen LogP contribution in [0.15, 0.2) is 18.2 Å². The highest BCUT2D eigenvalue weighted by atomic mass is 16.5. The Morgan fingerprint density at radius 1 is 1.23 bits per heavy atom. The molecule has 1 saturated carbocycles. The van der Waals surface area contributed by atoms with Gasteiger partial charge in [0.15, 0.2) is 12.5 Å². The molecule has 0 unspecified atom stereocenters. The number of hydrogen-bond acceptors (Lipinski definition) is 3. The van der Waals surface area contributed by atoms with E-state index in [0.717, 1.165) is 25.7 Å². The fourth-order valence-corrected chi connectivity index (χ4v) is 3.31. The average Bonchev–Trinajstić information content (AvgIpc) is 2.54. The van der Waals surface area contributed by atoms with Crippen molar-refractivity contribution in [1.29, 1.82) is 0 Å². The summed E-state index contributed by atoms with van der Waals surface area (Å²) in [5.74, 6) is 0.861. The smallest absolute Gasteiger partial charge is 0.260 e. The second-order valence-corrected chi connectivity index (χ2v) is 6.55. The number of carbonyl (C=O) groups is 2. The van der Waals surface area contributed by atoms with Crippen LogP contribution in [0.5, 0.6) is 5.75 Å². The Labute approximate surface area is 131 Å². The lowest BCUT2D eigenvalue weighted by Crippen LogP contribution is -2.43. The topological polar surface area (TPSA) is 46.6 Å². The van der Waals surface area contributed by atoms with Crippen LogP contribution in [0.1, 0.15) is 66.7 Å². The van der Waals surface area contributed by atoms with E-state index in [4.69, 9.17) is 4.74 Å². The number of ether oxygens (including phenoxy) is 1. The molecule has 0 N–H and O–H groups in total. The van der Waals surface area contributed by atoms with Gasteiger partial charge in [-0.05, 0) is 38.8 Å². The zero-order chi connectivity index (χ0) is 15.7. The molecule has 1 aliphatic heterocycles. The molecule has 4 nitrogen and oxygen atoms in total. The number of nitrogens with zero attached hydrogens (tertiary/aromatic N) is 1. The highest BCUT2D eigenvalue weighted by molar-refractivity contribution is 6.02. The van der Waals surface area contributed by atoms with Gasteiger partial charge in [0.25, 0.3) is 5.91 Å². The zero-order valence-corrected chi connectivity index (χ0v) is 13.3. The van der Waals surface area contributed by atoms with Crippen molar-refractivity contribution in [2.24, 2.45) is 5.92 Å². The van der Waals surface area contributed by atoms with Crippen molar-refractivity contribution in [1.82, 2.24) is 4.90 Å². The van der Waals surface area contributed by atoms with Gasteiger partial charge >= 0.3 is 0 Å². The maximum atomic E-state index is 12.6. The van der Waals surface area contributed by atoms with Crippen molar-refractivity contribution in [3.05, 3.63) is 29.3 Å². The average molecular weight is 301 g/mol. The Balaban J connectivity index is 1.83. The summed E-state index contributed by atoms with van der Waals surface area (Å²) in [5.41, 5.74) is 1.23. The van der Waals surface area contributed by atoms with E-state index in [1.165, 1.54) is 6.42 Å². The summed E-state index contributed by atoms with van der Waals surface area (Å²) in [5, 5.41) is 0. The van der Waals surface area contributed by atoms with Gasteiger partial charge in [-0.1, -0.05) is 25.3 Å². The largest absolute Gasteiger partial charge is 0.472 e. The number of hydrogen-bond donors (Lipinski definition) is 0. The molecule has 3 rings (SSSR count). The first-order chi connectivity index (χ1) is 10.6. The number of carbonyl (C=O) groups excluding carboxylic acids is 2. The van der Waals surface area contributed by atoms with Crippen LogP contribution in [-0.4, -0.2) is 29.4 Å². The minimum absolute atomic E-state index is 0.0204. The first kappa shape index (κ1) is 15.1. The molecule has 1 aromatic carbocycles. The van der Waals surface area contributed by atoms with Crippen molar-refractivity contribution in [2.75, 3.05) is 6.73 Å². The monoisotopic (exact) mass is 301 g/mol.